The molecule has 0 aliphatic carbocycles. The number of nitrogens with one attached hydrogen (secondary N) is 1. The van der Waals surface area contributed by atoms with Gasteiger partial charge in [-0.15, -0.1) is 0 Å². The fourth-order valence-electron chi connectivity index (χ4n) is 3.05. The first-order chi connectivity index (χ1) is 9.14. The van der Waals surface area contributed by atoms with Crippen molar-refractivity contribution in [2.45, 2.75) is 58.0 Å². The van der Waals surface area contributed by atoms with Crippen molar-refractivity contribution in [3.05, 3.63) is 22.4 Å². The standard InChI is InChI=1S/C16H28N2S/c1-4-8-17-15(12-14-7-11-19-13-14)16(2,3)18-9-5-6-10-18/h7,11,13,15,17H,4-6,8-10,12H2,1-3H3. The highest BCUT2D eigenvalue weighted by atomic mass is 32.1. The fourth-order valence-corrected chi connectivity index (χ4v) is 3.73. The molecule has 0 radical (unpaired) electrons. The van der Waals surface area contributed by atoms with Gasteiger partial charge in [-0.05, 0) is 81.6 Å². The fraction of sp³-hybridized carbons (Fsp3) is 0.750. The lowest BCUT2D eigenvalue weighted by molar-refractivity contribution is 0.106. The Morgan fingerprint density at radius 3 is 2.68 bits per heavy atom. The number of nitrogens with zero attached hydrogens (tertiary/aromatic N) is 1. The van der Waals surface area contributed by atoms with E-state index >= 15 is 0 Å². The highest BCUT2D eigenvalue weighted by Gasteiger charge is 2.36. The van der Waals surface area contributed by atoms with Crippen LogP contribution in [0, 0.1) is 0 Å². The molecule has 1 fully saturated rings. The van der Waals surface area contributed by atoms with Gasteiger partial charge < -0.3 is 5.32 Å². The Balaban J connectivity index is 2.06. The quantitative estimate of drug-likeness (QED) is 0.822. The van der Waals surface area contributed by atoms with Crippen molar-refractivity contribution in [1.29, 1.82) is 0 Å². The molecule has 2 rings (SSSR count). The molecule has 1 unspecified atom stereocenters. The van der Waals surface area contributed by atoms with Gasteiger partial charge in [0.25, 0.3) is 0 Å². The summed E-state index contributed by atoms with van der Waals surface area (Å²) in [7, 11) is 0. The molecule has 19 heavy (non-hydrogen) atoms. The van der Waals surface area contributed by atoms with Gasteiger partial charge in [-0.3, -0.25) is 4.90 Å². The van der Waals surface area contributed by atoms with Crippen LogP contribution in [-0.2, 0) is 6.42 Å². The van der Waals surface area contributed by atoms with Crippen LogP contribution in [-0.4, -0.2) is 36.1 Å². The smallest absolute Gasteiger partial charge is 0.0309 e. The van der Waals surface area contributed by atoms with Crippen molar-refractivity contribution >= 4 is 11.3 Å². The number of thiophene rings is 1. The SMILES string of the molecule is CCCNC(Cc1ccsc1)C(C)(C)N1CCCC1. The maximum absolute atomic E-state index is 3.79. The average molecular weight is 280 g/mol. The third-order valence-corrected chi connectivity index (χ3v) is 5.17. The van der Waals surface area contributed by atoms with Crippen LogP contribution < -0.4 is 5.32 Å². The first-order valence-corrected chi connectivity index (χ1v) is 8.58. The van der Waals surface area contributed by atoms with Crippen LogP contribution in [0.2, 0.25) is 0 Å². The highest BCUT2D eigenvalue weighted by Crippen LogP contribution is 2.26. The Morgan fingerprint density at radius 1 is 1.37 bits per heavy atom. The largest absolute Gasteiger partial charge is 0.312 e. The number of rotatable bonds is 7. The van der Waals surface area contributed by atoms with E-state index in [1.54, 1.807) is 11.3 Å². The summed E-state index contributed by atoms with van der Waals surface area (Å²) in [6.07, 6.45) is 5.08. The van der Waals surface area contributed by atoms with E-state index in [-0.39, 0.29) is 5.54 Å². The molecule has 3 heteroatoms. The minimum atomic E-state index is 0.244. The Bertz CT molecular complexity index is 353. The second kappa shape index (κ2) is 6.87. The summed E-state index contributed by atoms with van der Waals surface area (Å²) in [5, 5.41) is 8.27. The summed E-state index contributed by atoms with van der Waals surface area (Å²) in [6, 6.07) is 2.81. The Hall–Kier alpha value is -0.380. The molecule has 1 aliphatic rings. The molecule has 0 amide bonds. The summed E-state index contributed by atoms with van der Waals surface area (Å²) in [5.74, 6) is 0. The second-order valence-corrected chi connectivity index (χ2v) is 6.97. The molecular formula is C16H28N2S. The zero-order valence-electron chi connectivity index (χ0n) is 12.6. The summed E-state index contributed by atoms with van der Waals surface area (Å²) < 4.78 is 0. The minimum Gasteiger partial charge on any atom is -0.312 e. The molecule has 1 aliphatic heterocycles. The van der Waals surface area contributed by atoms with Crippen molar-refractivity contribution in [2.24, 2.45) is 0 Å². The topological polar surface area (TPSA) is 15.3 Å². The van der Waals surface area contributed by atoms with Gasteiger partial charge in [0, 0.05) is 11.6 Å². The Kier molecular flexibility index (Phi) is 5.43. The molecule has 0 bridgehead atoms. The van der Waals surface area contributed by atoms with Crippen molar-refractivity contribution in [2.75, 3.05) is 19.6 Å². The molecule has 2 heterocycles. The molecule has 0 aromatic carbocycles. The Labute approximate surface area is 122 Å². The maximum atomic E-state index is 3.79. The number of hydrogen-bond donors (Lipinski definition) is 1. The van der Waals surface area contributed by atoms with Gasteiger partial charge in [0.2, 0.25) is 0 Å². The van der Waals surface area contributed by atoms with Gasteiger partial charge in [-0.25, -0.2) is 0 Å². The first kappa shape index (κ1) is 15.0. The van der Waals surface area contributed by atoms with E-state index in [1.165, 1.54) is 37.9 Å². The van der Waals surface area contributed by atoms with Crippen LogP contribution in [0.3, 0.4) is 0 Å². The lowest BCUT2D eigenvalue weighted by Gasteiger charge is -2.42. The molecule has 0 spiro atoms. The molecule has 1 N–H and O–H groups in total. The van der Waals surface area contributed by atoms with E-state index in [4.69, 9.17) is 0 Å². The van der Waals surface area contributed by atoms with Crippen molar-refractivity contribution in [1.82, 2.24) is 10.2 Å². The molecule has 1 saturated heterocycles. The molecule has 0 saturated carbocycles. The van der Waals surface area contributed by atoms with Gasteiger partial charge in [0.15, 0.2) is 0 Å². The molecule has 1 atom stereocenters. The average Bonchev–Trinajstić information content (AvgIpc) is 3.06. The van der Waals surface area contributed by atoms with Crippen LogP contribution in [0.5, 0.6) is 0 Å². The minimum absolute atomic E-state index is 0.244. The van der Waals surface area contributed by atoms with Crippen LogP contribution in [0.15, 0.2) is 16.8 Å². The number of likely N-dealkylation sites (tertiary alicyclic amines) is 1. The molecule has 108 valence electrons. The predicted octanol–water partition coefficient (Wildman–Crippen LogP) is 3.53. The van der Waals surface area contributed by atoms with Crippen LogP contribution >= 0.6 is 11.3 Å². The van der Waals surface area contributed by atoms with Gasteiger partial charge in [-0.1, -0.05) is 6.92 Å². The van der Waals surface area contributed by atoms with E-state index in [9.17, 15) is 0 Å². The van der Waals surface area contributed by atoms with Crippen molar-refractivity contribution in [3.63, 3.8) is 0 Å². The normalized spacial score (nSPS) is 18.9. The van der Waals surface area contributed by atoms with E-state index < -0.39 is 0 Å². The summed E-state index contributed by atoms with van der Waals surface area (Å²) in [6.45, 7) is 10.7. The van der Waals surface area contributed by atoms with E-state index in [2.05, 4.69) is 47.8 Å². The van der Waals surface area contributed by atoms with Gasteiger partial charge in [0.05, 0.1) is 0 Å². The highest BCUT2D eigenvalue weighted by molar-refractivity contribution is 7.07. The van der Waals surface area contributed by atoms with Crippen LogP contribution in [0.1, 0.15) is 45.6 Å². The molecule has 1 aromatic heterocycles. The molecule has 1 aromatic rings. The lowest BCUT2D eigenvalue weighted by Crippen LogP contribution is -2.57. The van der Waals surface area contributed by atoms with E-state index in [0.717, 1.165) is 13.0 Å². The van der Waals surface area contributed by atoms with Crippen LogP contribution in [0.4, 0.5) is 0 Å². The summed E-state index contributed by atoms with van der Waals surface area (Å²) in [4.78, 5) is 2.67. The lowest BCUT2D eigenvalue weighted by atomic mass is 9.88. The van der Waals surface area contributed by atoms with E-state index in [1.807, 2.05) is 0 Å². The third-order valence-electron chi connectivity index (χ3n) is 4.43. The zero-order chi connectivity index (χ0) is 13.7. The Morgan fingerprint density at radius 2 is 2.11 bits per heavy atom. The zero-order valence-corrected chi connectivity index (χ0v) is 13.4. The van der Waals surface area contributed by atoms with Gasteiger partial charge in [0.1, 0.15) is 0 Å². The molecule has 2 nitrogen and oxygen atoms in total. The number of hydrogen-bond acceptors (Lipinski definition) is 3. The molecular weight excluding hydrogens is 252 g/mol. The van der Waals surface area contributed by atoms with E-state index in [0.29, 0.717) is 6.04 Å². The van der Waals surface area contributed by atoms with Crippen LogP contribution in [0.25, 0.3) is 0 Å². The van der Waals surface area contributed by atoms with Crippen molar-refractivity contribution < 1.29 is 0 Å². The second-order valence-electron chi connectivity index (χ2n) is 6.19. The summed E-state index contributed by atoms with van der Waals surface area (Å²) in [5.41, 5.74) is 1.72. The van der Waals surface area contributed by atoms with Gasteiger partial charge in [-0.2, -0.15) is 11.3 Å². The third kappa shape index (κ3) is 3.80. The predicted molar refractivity (Wildman–Crippen MR) is 85.0 cm³/mol. The maximum Gasteiger partial charge on any atom is 0.0309 e. The van der Waals surface area contributed by atoms with Gasteiger partial charge >= 0.3 is 0 Å². The van der Waals surface area contributed by atoms with Crippen molar-refractivity contribution in [3.8, 4) is 0 Å². The first-order valence-electron chi connectivity index (χ1n) is 7.64. The monoisotopic (exact) mass is 280 g/mol. The summed E-state index contributed by atoms with van der Waals surface area (Å²) >= 11 is 1.81.